The number of urea groups is 1. The number of piperidine rings is 1. The number of hydrogen-bond donors (Lipinski definition) is 3. The van der Waals surface area contributed by atoms with E-state index in [0.717, 1.165) is 25.3 Å². The van der Waals surface area contributed by atoms with Crippen LogP contribution in [0.1, 0.15) is 65.2 Å². The van der Waals surface area contributed by atoms with Crippen LogP contribution in [-0.2, 0) is 14.8 Å². The van der Waals surface area contributed by atoms with E-state index in [1.165, 1.54) is 35.7 Å². The Morgan fingerprint density at radius 1 is 1.11 bits per heavy atom. The van der Waals surface area contributed by atoms with Gasteiger partial charge in [0.15, 0.2) is 0 Å². The van der Waals surface area contributed by atoms with Gasteiger partial charge in [-0.2, -0.15) is 4.31 Å². The lowest BCUT2D eigenvalue weighted by Gasteiger charge is -2.65. The Morgan fingerprint density at radius 3 is 2.40 bits per heavy atom. The number of nitrogens with one attached hydrogen (secondary N) is 2. The van der Waals surface area contributed by atoms with E-state index in [4.69, 9.17) is 5.73 Å². The van der Waals surface area contributed by atoms with Gasteiger partial charge in [0.1, 0.15) is 5.82 Å². The number of benzene rings is 1. The predicted molar refractivity (Wildman–Crippen MR) is 129 cm³/mol. The fourth-order valence-electron chi connectivity index (χ4n) is 8.28. The molecule has 10 heteroatoms. The number of carbonyl (C=O) groups is 2. The van der Waals surface area contributed by atoms with Crippen LogP contribution in [0.15, 0.2) is 23.1 Å². The highest BCUT2D eigenvalue weighted by Gasteiger charge is 2.60. The molecular formula is C25H35FN4O4S. The van der Waals surface area contributed by atoms with Gasteiger partial charge in [-0.3, -0.25) is 4.79 Å². The van der Waals surface area contributed by atoms with Crippen LogP contribution < -0.4 is 16.4 Å². The lowest BCUT2D eigenvalue weighted by molar-refractivity contribution is -0.122. The minimum atomic E-state index is -3.99. The summed E-state index contributed by atoms with van der Waals surface area (Å²) in [5.74, 6) is -1.31. The molecular weight excluding hydrogens is 471 g/mol. The summed E-state index contributed by atoms with van der Waals surface area (Å²) >= 11 is 0. The van der Waals surface area contributed by atoms with Crippen LogP contribution in [0.5, 0.6) is 0 Å². The maximum atomic E-state index is 14.9. The maximum Gasteiger partial charge on any atom is 0.319 e. The highest BCUT2D eigenvalue weighted by Crippen LogP contribution is 2.66. The molecule has 6 rings (SSSR count). The summed E-state index contributed by atoms with van der Waals surface area (Å²) in [4.78, 5) is 24.2. The van der Waals surface area contributed by atoms with E-state index < -0.39 is 33.7 Å². The van der Waals surface area contributed by atoms with E-state index in [9.17, 15) is 22.4 Å². The molecule has 192 valence electrons. The summed E-state index contributed by atoms with van der Waals surface area (Å²) < 4.78 is 42.2. The van der Waals surface area contributed by atoms with Crippen molar-refractivity contribution >= 4 is 27.6 Å². The summed E-state index contributed by atoms with van der Waals surface area (Å²) in [6.45, 7) is 4.87. The maximum absolute atomic E-state index is 14.9. The molecule has 0 radical (unpaired) electrons. The van der Waals surface area contributed by atoms with E-state index in [1.54, 1.807) is 0 Å². The molecule has 4 aliphatic carbocycles. The Labute approximate surface area is 206 Å². The SMILES string of the molecule is C[C@]12CC3CC(NC(=O)Nc4ccc(S(=O)(=O)N5CCC[C@H](C(N)=O)C5)cc4F)(C1)C[C@@](C)(C3)C2. The fourth-order valence-corrected chi connectivity index (χ4v) is 9.82. The van der Waals surface area contributed by atoms with E-state index in [-0.39, 0.29) is 40.0 Å². The van der Waals surface area contributed by atoms with Gasteiger partial charge in [-0.1, -0.05) is 13.8 Å². The van der Waals surface area contributed by atoms with Gasteiger partial charge in [-0.25, -0.2) is 17.6 Å². The van der Waals surface area contributed by atoms with E-state index in [1.807, 2.05) is 0 Å². The first-order chi connectivity index (χ1) is 16.3. The summed E-state index contributed by atoms with van der Waals surface area (Å²) in [6.07, 6.45) is 7.45. The van der Waals surface area contributed by atoms with Crippen molar-refractivity contribution in [1.82, 2.24) is 9.62 Å². The van der Waals surface area contributed by atoms with Gasteiger partial charge in [0.2, 0.25) is 15.9 Å². The Kier molecular flexibility index (Phi) is 5.71. The average molecular weight is 507 g/mol. The highest BCUT2D eigenvalue weighted by molar-refractivity contribution is 7.89. The Balaban J connectivity index is 1.28. The van der Waals surface area contributed by atoms with Crippen LogP contribution in [0, 0.1) is 28.5 Å². The van der Waals surface area contributed by atoms with Crippen LogP contribution in [0.2, 0.25) is 0 Å². The second-order valence-corrected chi connectivity index (χ2v) is 14.2. The monoisotopic (exact) mass is 506 g/mol. The largest absolute Gasteiger partial charge is 0.369 e. The second-order valence-electron chi connectivity index (χ2n) is 12.2. The number of halogens is 1. The van der Waals surface area contributed by atoms with Gasteiger partial charge in [0.25, 0.3) is 0 Å². The van der Waals surface area contributed by atoms with Gasteiger partial charge < -0.3 is 16.4 Å². The molecule has 1 saturated heterocycles. The van der Waals surface area contributed by atoms with Crippen LogP contribution in [0.25, 0.3) is 0 Å². The number of nitrogens with two attached hydrogens (primary N) is 1. The first kappa shape index (κ1) is 24.5. The minimum absolute atomic E-state index is 0.0113. The van der Waals surface area contributed by atoms with Gasteiger partial charge >= 0.3 is 6.03 Å². The standard InChI is InChI=1S/C25H35FN4O4S/c1-23-9-16-10-24(2,13-23)15-25(11-16,14-23)29-22(32)28-20-6-5-18(8-19(20)26)35(33,34)30-7-3-4-17(12-30)21(27)31/h5-6,8,16-17H,3-4,7,9-15H2,1-2H3,(H2,27,31)(H2,28,29,32)/t16?,17-,23-,24+,25?/m0/s1. The number of anilines is 1. The van der Waals surface area contributed by atoms with Crippen LogP contribution in [-0.4, -0.2) is 43.3 Å². The predicted octanol–water partition coefficient (Wildman–Crippen LogP) is 3.58. The van der Waals surface area contributed by atoms with Crippen molar-refractivity contribution in [2.45, 2.75) is 75.6 Å². The third kappa shape index (κ3) is 4.55. The third-order valence-corrected chi connectivity index (χ3v) is 10.5. The lowest BCUT2D eigenvalue weighted by atomic mass is 9.43. The van der Waals surface area contributed by atoms with E-state index >= 15 is 0 Å². The van der Waals surface area contributed by atoms with Crippen molar-refractivity contribution in [3.8, 4) is 0 Å². The molecule has 0 aromatic heterocycles. The van der Waals surface area contributed by atoms with Crippen LogP contribution in [0.3, 0.4) is 0 Å². The first-order valence-corrected chi connectivity index (χ1v) is 13.9. The molecule has 8 nitrogen and oxygen atoms in total. The van der Waals surface area contributed by atoms with Crippen molar-refractivity contribution in [1.29, 1.82) is 0 Å². The van der Waals surface area contributed by atoms with Crippen molar-refractivity contribution in [3.63, 3.8) is 0 Å². The molecule has 1 aromatic carbocycles. The van der Waals surface area contributed by atoms with E-state index in [2.05, 4.69) is 24.5 Å². The Morgan fingerprint density at radius 2 is 1.80 bits per heavy atom. The summed E-state index contributed by atoms with van der Waals surface area (Å²) in [5.41, 5.74) is 5.46. The number of amides is 3. The molecule has 3 amide bonds. The number of sulfonamides is 1. The average Bonchev–Trinajstić information content (AvgIpc) is 2.72. The Bertz CT molecular complexity index is 1150. The van der Waals surface area contributed by atoms with Crippen molar-refractivity contribution in [2.24, 2.45) is 28.4 Å². The molecule has 4 bridgehead atoms. The van der Waals surface area contributed by atoms with Crippen LogP contribution in [0.4, 0.5) is 14.9 Å². The molecule has 2 unspecified atom stereocenters. The van der Waals surface area contributed by atoms with Gasteiger partial charge in [-0.15, -0.1) is 0 Å². The summed E-state index contributed by atoms with van der Waals surface area (Å²) in [6, 6.07) is 3.02. The van der Waals surface area contributed by atoms with E-state index in [0.29, 0.717) is 18.8 Å². The minimum Gasteiger partial charge on any atom is -0.369 e. The molecule has 35 heavy (non-hydrogen) atoms. The summed E-state index contributed by atoms with van der Waals surface area (Å²) in [5, 5.41) is 5.77. The summed E-state index contributed by atoms with van der Waals surface area (Å²) in [7, 11) is -3.99. The molecule has 1 aliphatic heterocycles. The number of carbonyl (C=O) groups excluding carboxylic acids is 2. The molecule has 0 spiro atoms. The quantitative estimate of drug-likeness (QED) is 0.565. The zero-order valence-corrected chi connectivity index (χ0v) is 21.2. The van der Waals surface area contributed by atoms with Crippen LogP contribution >= 0.6 is 0 Å². The molecule has 1 heterocycles. The first-order valence-electron chi connectivity index (χ1n) is 12.5. The Hall–Kier alpha value is -2.20. The lowest BCUT2D eigenvalue weighted by Crippen LogP contribution is -2.65. The van der Waals surface area contributed by atoms with Gasteiger partial charge in [0, 0.05) is 18.6 Å². The number of hydrogen-bond acceptors (Lipinski definition) is 4. The third-order valence-electron chi connectivity index (χ3n) is 8.62. The normalized spacial score (nSPS) is 36.7. The topological polar surface area (TPSA) is 122 Å². The smallest absolute Gasteiger partial charge is 0.319 e. The molecule has 5 atom stereocenters. The number of nitrogens with zero attached hydrogens (tertiary/aromatic N) is 1. The molecule has 4 saturated carbocycles. The van der Waals surface area contributed by atoms with Crippen molar-refractivity contribution in [3.05, 3.63) is 24.0 Å². The highest BCUT2D eigenvalue weighted by atomic mass is 32.2. The van der Waals surface area contributed by atoms with Crippen molar-refractivity contribution < 1.29 is 22.4 Å². The zero-order chi connectivity index (χ0) is 25.2. The van der Waals surface area contributed by atoms with Gasteiger partial charge in [-0.05, 0) is 86.3 Å². The fraction of sp³-hybridized carbons (Fsp3) is 0.680. The second kappa shape index (κ2) is 8.16. The number of rotatable bonds is 5. The molecule has 5 fully saturated rings. The number of primary amides is 1. The molecule has 1 aromatic rings. The zero-order valence-electron chi connectivity index (χ0n) is 20.4. The molecule has 4 N–H and O–H groups in total. The van der Waals surface area contributed by atoms with Crippen molar-refractivity contribution in [2.75, 3.05) is 18.4 Å². The molecule has 5 aliphatic rings. The van der Waals surface area contributed by atoms with Gasteiger partial charge in [0.05, 0.1) is 16.5 Å².